The average molecular weight is 1600 g/mol. The number of benzene rings is 8. The molecule has 35 heteroatoms. The Morgan fingerprint density at radius 2 is 0.574 bits per heavy atom. The van der Waals surface area contributed by atoms with Gasteiger partial charge in [-0.15, -0.1) is 20.4 Å². The lowest BCUT2D eigenvalue weighted by Gasteiger charge is -2.06. The molecule has 29 nitrogen and oxygen atoms in total. The summed E-state index contributed by atoms with van der Waals surface area (Å²) in [7, 11) is 1.54. The molecule has 16 aromatic rings. The zero-order valence-corrected chi connectivity index (χ0v) is 60.9. The van der Waals surface area contributed by atoms with Crippen molar-refractivity contribution in [3.63, 3.8) is 0 Å². The van der Waals surface area contributed by atoms with Crippen LogP contribution < -0.4 is 27.5 Å². The minimum absolute atomic E-state index is 0.00122. The highest BCUT2D eigenvalue weighted by Gasteiger charge is 2.27. The average Bonchev–Trinajstić information content (AvgIpc) is 1.64. The van der Waals surface area contributed by atoms with Gasteiger partial charge in [0.15, 0.2) is 23.3 Å². The van der Waals surface area contributed by atoms with E-state index in [0.29, 0.717) is 99.1 Å². The van der Waals surface area contributed by atoms with Crippen molar-refractivity contribution >= 4 is 92.9 Å². The zero-order chi connectivity index (χ0) is 75.7. The van der Waals surface area contributed by atoms with E-state index < -0.39 is 19.7 Å². The van der Waals surface area contributed by atoms with Crippen LogP contribution in [-0.4, -0.2) is 84.2 Å². The van der Waals surface area contributed by atoms with Gasteiger partial charge in [-0.3, -0.25) is 40.5 Å². The molecular weight excluding hydrogens is 1550 g/mol. The van der Waals surface area contributed by atoms with E-state index >= 15 is 0 Å². The van der Waals surface area contributed by atoms with Crippen LogP contribution in [0, 0.1) is 40.5 Å². The first-order chi connectivity index (χ1) is 52.3. The molecule has 0 aliphatic carbocycles. The van der Waals surface area contributed by atoms with E-state index in [1.807, 2.05) is 91.0 Å². The molecule has 0 radical (unpaired) electrons. The Kier molecular flexibility index (Phi) is 21.7. The molecule has 8 heterocycles. The lowest BCUT2D eigenvalue weighted by atomic mass is 10.3. The van der Waals surface area contributed by atoms with Gasteiger partial charge in [0.05, 0.1) is 91.8 Å². The van der Waals surface area contributed by atoms with E-state index in [9.17, 15) is 59.6 Å². The van der Waals surface area contributed by atoms with Gasteiger partial charge in [-0.2, -0.15) is 18.7 Å². The molecule has 0 aliphatic heterocycles. The van der Waals surface area contributed by atoms with Crippen molar-refractivity contribution < 1.29 is 24.4 Å². The number of methoxy groups -OCH3 is 1. The van der Waals surface area contributed by atoms with Crippen molar-refractivity contribution in [1.29, 1.82) is 0 Å². The molecule has 108 heavy (non-hydrogen) atoms. The molecule has 0 unspecified atom stereocenters. The Bertz CT molecular complexity index is 6020. The van der Waals surface area contributed by atoms with Gasteiger partial charge < -0.3 is 4.74 Å². The Labute approximate surface area is 636 Å². The molecule has 0 aliphatic rings. The Morgan fingerprint density at radius 1 is 0.324 bits per heavy atom. The lowest BCUT2D eigenvalue weighted by molar-refractivity contribution is -0.380. The summed E-state index contributed by atoms with van der Waals surface area (Å²) in [5.74, 6) is 1.94. The second-order valence-corrected chi connectivity index (χ2v) is 27.9. The predicted molar refractivity (Wildman–Crippen MR) is 416 cm³/mol. The zero-order valence-electron chi connectivity index (χ0n) is 55.3. The maximum absolute atomic E-state index is 13.2. The summed E-state index contributed by atoms with van der Waals surface area (Å²) in [6.07, 6.45) is 0. The number of halogens is 2. The predicted octanol–water partition coefficient (Wildman–Crippen LogP) is 16.1. The highest BCUT2D eigenvalue weighted by Crippen LogP contribution is 2.37. The highest BCUT2D eigenvalue weighted by molar-refractivity contribution is 9.10. The summed E-state index contributed by atoms with van der Waals surface area (Å²) < 4.78 is 17.0. The molecule has 536 valence electrons. The number of nitrogens with zero attached hydrogens (tertiary/aromatic N) is 16. The normalized spacial score (nSPS) is 10.8. The molecule has 0 bridgehead atoms. The number of rotatable bonds is 17. The molecule has 0 atom stereocenters. The van der Waals surface area contributed by atoms with Crippen molar-refractivity contribution in [2.24, 2.45) is 0 Å². The fourth-order valence-corrected chi connectivity index (χ4v) is 14.3. The monoisotopic (exact) mass is 1600 g/mol. The summed E-state index contributed by atoms with van der Waals surface area (Å²) in [4.78, 5) is 96.9. The van der Waals surface area contributed by atoms with Crippen LogP contribution in [0.2, 0.25) is 5.02 Å². The number of hydrogen-bond donors (Lipinski definition) is 0. The number of hydrogen-bond acceptors (Lipinski definition) is 21. The van der Waals surface area contributed by atoms with E-state index in [4.69, 9.17) is 16.3 Å². The number of para-hydroxylation sites is 5. The van der Waals surface area contributed by atoms with Crippen molar-refractivity contribution in [2.45, 2.75) is 0 Å². The second kappa shape index (κ2) is 32.2. The second-order valence-electron chi connectivity index (χ2n) is 22.3. The SMILES string of the molecule is COc1cccc(-n2c(-c3ccc([N+](=O)[O-])s3)nn(-c3ccccc3)c2=O)c1.O=c1n(-c2ccccc2)nc(-c2ccc([N+](=O)[O-])s2)n1-c1ccc(Br)cc1.O=c1n(-c2ccccc2)nc(-c2ccc([N+](=O)[O-])s2)n1-c1ccc(Cl)cc1.O=c1n(-c2ccccc2)nc(-c2ccc([N+](=O)[O-])s2)n1-c1ccccc1. The van der Waals surface area contributed by atoms with E-state index in [1.165, 1.54) is 61.3 Å². The number of nitro groups is 4. The first kappa shape index (κ1) is 72.8. The first-order valence-corrected chi connectivity index (χ1v) is 36.1. The summed E-state index contributed by atoms with van der Waals surface area (Å²) in [6.45, 7) is 0. The Balaban J connectivity index is 0.000000127. The largest absolute Gasteiger partial charge is 0.497 e. The number of ether oxygens (including phenoxy) is 1. The topological polar surface area (TPSA) is 341 Å². The van der Waals surface area contributed by atoms with Gasteiger partial charge in [0, 0.05) is 39.8 Å². The van der Waals surface area contributed by atoms with Crippen LogP contribution in [-0.2, 0) is 0 Å². The van der Waals surface area contributed by atoms with Gasteiger partial charge >= 0.3 is 42.8 Å². The third-order valence-corrected chi connectivity index (χ3v) is 20.5. The lowest BCUT2D eigenvalue weighted by Crippen LogP contribution is -2.22. The molecule has 0 spiro atoms. The quantitative estimate of drug-likeness (QED) is 0.0603. The van der Waals surface area contributed by atoms with Crippen LogP contribution in [0.25, 0.3) is 88.3 Å². The van der Waals surface area contributed by atoms with Gasteiger partial charge in [0.2, 0.25) is 0 Å². The molecule has 0 saturated heterocycles. The van der Waals surface area contributed by atoms with Crippen LogP contribution in [0.3, 0.4) is 0 Å². The maximum atomic E-state index is 13.2. The van der Waals surface area contributed by atoms with E-state index in [1.54, 1.807) is 165 Å². The van der Waals surface area contributed by atoms with Crippen molar-refractivity contribution in [3.8, 4) is 94.1 Å². The maximum Gasteiger partial charge on any atom is 0.355 e. The van der Waals surface area contributed by atoms with Crippen molar-refractivity contribution in [1.82, 2.24) is 57.4 Å². The summed E-state index contributed by atoms with van der Waals surface area (Å²) in [6, 6.07) is 78.2. The Morgan fingerprint density at radius 3 is 0.843 bits per heavy atom. The molecule has 0 fully saturated rings. The van der Waals surface area contributed by atoms with Crippen LogP contribution in [0.1, 0.15) is 0 Å². The summed E-state index contributed by atoms with van der Waals surface area (Å²) >= 11 is 13.2. The van der Waals surface area contributed by atoms with E-state index in [0.717, 1.165) is 49.8 Å². The van der Waals surface area contributed by atoms with Gasteiger partial charge in [-0.1, -0.05) is 170 Å². The molecule has 8 aromatic heterocycles. The standard InChI is InChI=1S/C19H14N4O4S.C18H11BrN4O3S.C18H11ClN4O3S.C18H12N4O3S/c1-27-15-9-5-8-14(12-15)21-18(16-10-11-17(28-16)23(25)26)20-22(19(21)24)13-6-3-2-4-7-13;2*19-12-6-8-13(9-7-12)21-17(15-10-11-16(27-15)23(25)26)20-22(18(21)24)14-4-2-1-3-5-14;23-18-20(13-7-3-1-4-8-13)17(15-11-12-16(26-15)22(24)25)19-21(18)14-9-5-2-6-10-14/h2-12H,1H3;2*1-11H;1-12H. The van der Waals surface area contributed by atoms with E-state index in [2.05, 4.69) is 36.3 Å². The van der Waals surface area contributed by atoms with Gasteiger partial charge in [-0.05, 0) is 146 Å². The highest BCUT2D eigenvalue weighted by atomic mass is 79.9. The van der Waals surface area contributed by atoms with Gasteiger partial charge in [0.25, 0.3) is 0 Å². The Hall–Kier alpha value is -13.5. The first-order valence-electron chi connectivity index (χ1n) is 31.6. The minimum Gasteiger partial charge on any atom is -0.497 e. The number of aromatic nitrogens is 12. The third-order valence-electron chi connectivity index (χ3n) is 15.6. The fourth-order valence-electron chi connectivity index (χ4n) is 10.7. The molecule has 8 aromatic carbocycles. The van der Waals surface area contributed by atoms with Crippen LogP contribution in [0.5, 0.6) is 5.75 Å². The smallest absolute Gasteiger partial charge is 0.355 e. The third kappa shape index (κ3) is 15.6. The van der Waals surface area contributed by atoms with E-state index in [-0.39, 0.29) is 42.8 Å². The van der Waals surface area contributed by atoms with Crippen molar-refractivity contribution in [2.75, 3.05) is 7.11 Å². The van der Waals surface area contributed by atoms with Crippen molar-refractivity contribution in [3.05, 3.63) is 365 Å². The minimum atomic E-state index is -0.465. The molecular formula is C73H48BrClN16O13S4. The van der Waals surface area contributed by atoms with Crippen LogP contribution >= 0.6 is 72.9 Å². The fraction of sp³-hybridized carbons (Fsp3) is 0.0137. The molecule has 16 rings (SSSR count). The van der Waals surface area contributed by atoms with Crippen LogP contribution in [0.15, 0.2) is 297 Å². The van der Waals surface area contributed by atoms with Gasteiger partial charge in [0.1, 0.15) is 5.75 Å². The number of thiophene rings is 4. The summed E-state index contributed by atoms with van der Waals surface area (Å²) in [5.41, 5.74) is 3.37. The molecule has 0 saturated carbocycles. The van der Waals surface area contributed by atoms with Gasteiger partial charge in [-0.25, -0.2) is 37.4 Å². The molecule has 0 amide bonds. The molecule has 0 N–H and O–H groups in total. The van der Waals surface area contributed by atoms with Crippen LogP contribution in [0.4, 0.5) is 20.0 Å². The summed E-state index contributed by atoms with van der Waals surface area (Å²) in [5, 5.41) is 62.5.